The van der Waals surface area contributed by atoms with Gasteiger partial charge in [0.1, 0.15) is 5.75 Å². The van der Waals surface area contributed by atoms with Crippen molar-refractivity contribution in [1.82, 2.24) is 10.2 Å². The summed E-state index contributed by atoms with van der Waals surface area (Å²) in [6.45, 7) is 4.57. The Hall–Kier alpha value is -2.34. The first-order valence-electron chi connectivity index (χ1n) is 8.24. The number of rotatable bonds is 4. The van der Waals surface area contributed by atoms with E-state index >= 15 is 0 Å². The Kier molecular flexibility index (Phi) is 5.08. The van der Waals surface area contributed by atoms with Crippen LogP contribution in [0.1, 0.15) is 33.6 Å². The smallest absolute Gasteiger partial charge is 0.264 e. The lowest BCUT2D eigenvalue weighted by Gasteiger charge is -2.19. The van der Waals surface area contributed by atoms with Crippen LogP contribution in [0.15, 0.2) is 35.7 Å². The zero-order valence-corrected chi connectivity index (χ0v) is 15.4. The molecule has 0 bridgehead atoms. The van der Waals surface area contributed by atoms with E-state index < -0.39 is 0 Å². The summed E-state index contributed by atoms with van der Waals surface area (Å²) in [6.07, 6.45) is 0. The minimum absolute atomic E-state index is 0.0406. The van der Waals surface area contributed by atoms with Crippen LogP contribution in [0, 0.1) is 6.92 Å². The monoisotopic (exact) mass is 358 g/mol. The fraction of sp³-hybridized carbons (Fsp3) is 0.368. The molecule has 2 aromatic rings. The number of benzene rings is 1. The summed E-state index contributed by atoms with van der Waals surface area (Å²) in [7, 11) is 1.63. The molecule has 6 heteroatoms. The van der Waals surface area contributed by atoms with Crippen molar-refractivity contribution in [1.29, 1.82) is 0 Å². The third-order valence-corrected chi connectivity index (χ3v) is 5.60. The van der Waals surface area contributed by atoms with E-state index in [9.17, 15) is 9.59 Å². The summed E-state index contributed by atoms with van der Waals surface area (Å²) < 4.78 is 5.21. The molecule has 0 radical (unpaired) electrons. The first-order chi connectivity index (χ1) is 12.0. The summed E-state index contributed by atoms with van der Waals surface area (Å²) >= 11 is 1.47. The minimum Gasteiger partial charge on any atom is -0.497 e. The Morgan fingerprint density at radius 2 is 1.92 bits per heavy atom. The summed E-state index contributed by atoms with van der Waals surface area (Å²) in [5, 5.41) is 4.94. The molecule has 0 spiro atoms. The van der Waals surface area contributed by atoms with E-state index in [1.54, 1.807) is 7.11 Å². The zero-order chi connectivity index (χ0) is 18.0. The Labute approximate surface area is 151 Å². The highest BCUT2D eigenvalue weighted by atomic mass is 32.1. The van der Waals surface area contributed by atoms with E-state index in [0.717, 1.165) is 21.8 Å². The van der Waals surface area contributed by atoms with E-state index in [2.05, 4.69) is 5.32 Å². The molecule has 1 fully saturated rings. The number of carbonyl (C=O) groups excluding carboxylic acids is 2. The van der Waals surface area contributed by atoms with Crippen molar-refractivity contribution in [3.8, 4) is 5.75 Å². The van der Waals surface area contributed by atoms with Crippen molar-refractivity contribution < 1.29 is 14.3 Å². The molecule has 0 unspecified atom stereocenters. The van der Waals surface area contributed by atoms with Crippen LogP contribution in [-0.2, 0) is 4.79 Å². The van der Waals surface area contributed by atoms with Crippen molar-refractivity contribution >= 4 is 23.2 Å². The zero-order valence-electron chi connectivity index (χ0n) is 14.6. The van der Waals surface area contributed by atoms with Crippen molar-refractivity contribution in [2.45, 2.75) is 25.8 Å². The second-order valence-electron chi connectivity index (χ2n) is 6.33. The minimum atomic E-state index is -0.0879. The van der Waals surface area contributed by atoms with E-state index in [0.29, 0.717) is 13.1 Å². The van der Waals surface area contributed by atoms with Crippen LogP contribution in [0.5, 0.6) is 5.75 Å². The molecule has 2 atom stereocenters. The van der Waals surface area contributed by atoms with Crippen LogP contribution in [-0.4, -0.2) is 43.0 Å². The maximum absolute atomic E-state index is 12.8. The van der Waals surface area contributed by atoms with Gasteiger partial charge in [-0.1, -0.05) is 12.1 Å². The Morgan fingerprint density at radius 3 is 2.48 bits per heavy atom. The number of carbonyl (C=O) groups is 2. The molecule has 1 N–H and O–H groups in total. The van der Waals surface area contributed by atoms with Gasteiger partial charge in [-0.15, -0.1) is 11.3 Å². The van der Waals surface area contributed by atoms with Gasteiger partial charge in [0.2, 0.25) is 5.91 Å². The molecule has 2 heterocycles. The Morgan fingerprint density at radius 1 is 1.20 bits per heavy atom. The Bertz CT molecular complexity index is 769. The highest BCUT2D eigenvalue weighted by Gasteiger charge is 2.37. The maximum atomic E-state index is 12.8. The predicted octanol–water partition coefficient (Wildman–Crippen LogP) is 2.81. The number of likely N-dealkylation sites (tertiary alicyclic amines) is 1. The predicted molar refractivity (Wildman–Crippen MR) is 98.3 cm³/mol. The molecule has 1 aromatic heterocycles. The van der Waals surface area contributed by atoms with E-state index in [4.69, 9.17) is 4.74 Å². The van der Waals surface area contributed by atoms with Crippen molar-refractivity contribution in [3.63, 3.8) is 0 Å². The number of hydrogen-bond donors (Lipinski definition) is 1. The molecule has 2 amide bonds. The van der Waals surface area contributed by atoms with Gasteiger partial charge in [-0.2, -0.15) is 0 Å². The average molecular weight is 358 g/mol. The Balaban J connectivity index is 1.84. The van der Waals surface area contributed by atoms with E-state index in [-0.39, 0.29) is 23.8 Å². The summed E-state index contributed by atoms with van der Waals surface area (Å²) in [5.74, 6) is 0.822. The number of amides is 2. The van der Waals surface area contributed by atoms with Crippen LogP contribution < -0.4 is 10.1 Å². The second-order valence-corrected chi connectivity index (χ2v) is 7.25. The molecule has 25 heavy (non-hydrogen) atoms. The lowest BCUT2D eigenvalue weighted by molar-refractivity contribution is -0.119. The molecule has 1 saturated heterocycles. The van der Waals surface area contributed by atoms with Gasteiger partial charge in [-0.3, -0.25) is 9.59 Å². The van der Waals surface area contributed by atoms with Crippen LogP contribution >= 0.6 is 11.3 Å². The van der Waals surface area contributed by atoms with Gasteiger partial charge in [-0.25, -0.2) is 0 Å². The molecule has 1 aliphatic rings. The standard InChI is InChI=1S/C19H22N2O3S/c1-12-8-9-25-18(12)19(23)21-10-16(17(11-21)20-13(2)22)14-4-6-15(24-3)7-5-14/h4-9,16-17H,10-11H2,1-3H3,(H,20,22)/t16-,17+/m0/s1. The van der Waals surface area contributed by atoms with Gasteiger partial charge in [0.05, 0.1) is 18.0 Å². The molecule has 0 aliphatic carbocycles. The molecular formula is C19H22N2O3S. The summed E-state index contributed by atoms with van der Waals surface area (Å²) in [6, 6.07) is 9.70. The molecule has 1 aliphatic heterocycles. The number of ether oxygens (including phenoxy) is 1. The van der Waals surface area contributed by atoms with E-state index in [1.165, 1.54) is 18.3 Å². The topological polar surface area (TPSA) is 58.6 Å². The van der Waals surface area contributed by atoms with Crippen molar-refractivity contribution in [2.75, 3.05) is 20.2 Å². The number of thiophene rings is 1. The number of nitrogens with zero attached hydrogens (tertiary/aromatic N) is 1. The second kappa shape index (κ2) is 7.27. The van der Waals surface area contributed by atoms with Crippen LogP contribution in [0.4, 0.5) is 0 Å². The van der Waals surface area contributed by atoms with Gasteiger partial charge < -0.3 is 15.0 Å². The van der Waals surface area contributed by atoms with Gasteiger partial charge in [0.15, 0.2) is 0 Å². The lowest BCUT2D eigenvalue weighted by Crippen LogP contribution is -2.39. The highest BCUT2D eigenvalue weighted by molar-refractivity contribution is 7.12. The van der Waals surface area contributed by atoms with Crippen LogP contribution in [0.2, 0.25) is 0 Å². The lowest BCUT2D eigenvalue weighted by atomic mass is 9.94. The van der Waals surface area contributed by atoms with Crippen molar-refractivity contribution in [2.24, 2.45) is 0 Å². The van der Waals surface area contributed by atoms with Crippen molar-refractivity contribution in [3.05, 3.63) is 51.7 Å². The molecule has 0 saturated carbocycles. The molecule has 3 rings (SSSR count). The number of aryl methyl sites for hydroxylation is 1. The van der Waals surface area contributed by atoms with Gasteiger partial charge in [-0.05, 0) is 41.6 Å². The third kappa shape index (κ3) is 3.69. The largest absolute Gasteiger partial charge is 0.497 e. The first-order valence-corrected chi connectivity index (χ1v) is 9.12. The SMILES string of the molecule is COc1ccc([C@@H]2CN(C(=O)c3sccc3C)C[C@H]2NC(C)=O)cc1. The quantitative estimate of drug-likeness (QED) is 0.914. The number of methoxy groups -OCH3 is 1. The molecule has 5 nitrogen and oxygen atoms in total. The summed E-state index contributed by atoms with van der Waals surface area (Å²) in [5.41, 5.74) is 2.09. The van der Waals surface area contributed by atoms with Crippen LogP contribution in [0.25, 0.3) is 0 Å². The summed E-state index contributed by atoms with van der Waals surface area (Å²) in [4.78, 5) is 27.1. The van der Waals surface area contributed by atoms with Gasteiger partial charge in [0, 0.05) is 25.9 Å². The third-order valence-electron chi connectivity index (χ3n) is 4.60. The van der Waals surface area contributed by atoms with Gasteiger partial charge >= 0.3 is 0 Å². The van der Waals surface area contributed by atoms with Gasteiger partial charge in [0.25, 0.3) is 5.91 Å². The number of nitrogens with one attached hydrogen (secondary N) is 1. The first kappa shape index (κ1) is 17.5. The fourth-order valence-electron chi connectivity index (χ4n) is 3.30. The molecule has 1 aromatic carbocycles. The van der Waals surface area contributed by atoms with E-state index in [1.807, 2.05) is 47.5 Å². The van der Waals surface area contributed by atoms with Crippen LogP contribution in [0.3, 0.4) is 0 Å². The maximum Gasteiger partial charge on any atom is 0.264 e. The fourth-order valence-corrected chi connectivity index (χ4v) is 4.19. The normalized spacial score (nSPS) is 19.7. The molecule has 132 valence electrons. The molecular weight excluding hydrogens is 336 g/mol. The average Bonchev–Trinajstić information content (AvgIpc) is 3.20. The number of hydrogen-bond acceptors (Lipinski definition) is 4. The highest BCUT2D eigenvalue weighted by Crippen LogP contribution is 2.31.